The summed E-state index contributed by atoms with van der Waals surface area (Å²) in [7, 11) is 0. The predicted molar refractivity (Wildman–Crippen MR) is 106 cm³/mol. The van der Waals surface area contributed by atoms with Gasteiger partial charge in [0.1, 0.15) is 10.5 Å². The van der Waals surface area contributed by atoms with Gasteiger partial charge in [0.05, 0.1) is 28.9 Å². The van der Waals surface area contributed by atoms with Gasteiger partial charge in [0.25, 0.3) is 0 Å². The van der Waals surface area contributed by atoms with E-state index in [1.54, 1.807) is 0 Å². The van der Waals surface area contributed by atoms with Crippen LogP contribution in [0.4, 0.5) is 11.9 Å². The van der Waals surface area contributed by atoms with Crippen molar-refractivity contribution in [1.29, 1.82) is 0 Å². The molecule has 0 aromatic carbocycles. The van der Waals surface area contributed by atoms with Gasteiger partial charge < -0.3 is 15.5 Å². The Morgan fingerprint density at radius 3 is 2.93 bits per heavy atom. The van der Waals surface area contributed by atoms with Gasteiger partial charge in [0.15, 0.2) is 5.65 Å². The maximum absolute atomic E-state index is 12.7. The summed E-state index contributed by atoms with van der Waals surface area (Å²) < 4.78 is 6.01. The SMILES string of the molecule is CCOc1nc(NC(=O)[C@H](CC)Sc2nc(N)nc3nc[nH]c23)ncc1Br. The van der Waals surface area contributed by atoms with Crippen LogP contribution in [0.5, 0.6) is 5.88 Å². The van der Waals surface area contributed by atoms with Crippen LogP contribution in [0, 0.1) is 0 Å². The number of nitrogens with one attached hydrogen (secondary N) is 2. The number of thioether (sulfide) groups is 1. The zero-order valence-corrected chi connectivity index (χ0v) is 17.0. The molecule has 0 aliphatic carbocycles. The standard InChI is InChI=1S/C15H17BrN8O2S/c1-3-8(27-13-9-10(20-6-19-9)21-14(17)24-13)11(25)22-15-18-5-7(16)12(23-15)26-4-2/h5-6,8H,3-4H2,1-2H3,(H,18,22,23,25)(H3,17,19,20,21,24)/t8-/m0/s1. The Balaban J connectivity index is 1.78. The number of hydrogen-bond donors (Lipinski definition) is 3. The first-order valence-corrected chi connectivity index (χ1v) is 9.78. The lowest BCUT2D eigenvalue weighted by molar-refractivity contribution is -0.115. The average Bonchev–Trinajstić information content (AvgIpc) is 3.10. The summed E-state index contributed by atoms with van der Waals surface area (Å²) in [5, 5.41) is 2.83. The van der Waals surface area contributed by atoms with E-state index >= 15 is 0 Å². The van der Waals surface area contributed by atoms with Gasteiger partial charge in [-0.25, -0.2) is 15.0 Å². The monoisotopic (exact) mass is 452 g/mol. The number of hydrogen-bond acceptors (Lipinski definition) is 9. The van der Waals surface area contributed by atoms with Crippen LogP contribution >= 0.6 is 27.7 Å². The van der Waals surface area contributed by atoms with Crippen molar-refractivity contribution in [2.24, 2.45) is 0 Å². The Morgan fingerprint density at radius 2 is 2.19 bits per heavy atom. The Morgan fingerprint density at radius 1 is 1.37 bits per heavy atom. The van der Waals surface area contributed by atoms with Crippen LogP contribution in [0.25, 0.3) is 11.2 Å². The van der Waals surface area contributed by atoms with E-state index in [0.717, 1.165) is 0 Å². The van der Waals surface area contributed by atoms with E-state index in [2.05, 4.69) is 51.2 Å². The van der Waals surface area contributed by atoms with Crippen molar-refractivity contribution in [3.63, 3.8) is 0 Å². The first kappa shape index (κ1) is 19.3. The Bertz CT molecular complexity index is 966. The molecule has 27 heavy (non-hydrogen) atoms. The molecular formula is C15H17BrN8O2S. The van der Waals surface area contributed by atoms with Crippen molar-refractivity contribution in [1.82, 2.24) is 29.9 Å². The maximum Gasteiger partial charge on any atom is 0.240 e. The van der Waals surface area contributed by atoms with Crippen LogP contribution in [-0.2, 0) is 4.79 Å². The molecule has 0 saturated carbocycles. The highest BCUT2D eigenvalue weighted by Crippen LogP contribution is 2.30. The fourth-order valence-corrected chi connectivity index (χ4v) is 3.53. The van der Waals surface area contributed by atoms with Crippen molar-refractivity contribution in [3.8, 4) is 5.88 Å². The third-order valence-corrected chi connectivity index (χ3v) is 5.31. The van der Waals surface area contributed by atoms with Gasteiger partial charge in [-0.1, -0.05) is 18.7 Å². The van der Waals surface area contributed by atoms with Gasteiger partial charge in [0.2, 0.25) is 23.7 Å². The molecule has 3 aromatic heterocycles. The Hall–Kier alpha value is -2.47. The lowest BCUT2D eigenvalue weighted by Gasteiger charge is -2.14. The average molecular weight is 453 g/mol. The topological polar surface area (TPSA) is 145 Å². The number of nitrogens with two attached hydrogens (primary N) is 1. The van der Waals surface area contributed by atoms with Crippen LogP contribution in [0.3, 0.4) is 0 Å². The summed E-state index contributed by atoms with van der Waals surface area (Å²) in [6.45, 7) is 4.20. The summed E-state index contributed by atoms with van der Waals surface area (Å²) in [4.78, 5) is 36.3. The van der Waals surface area contributed by atoms with E-state index in [4.69, 9.17) is 10.5 Å². The van der Waals surface area contributed by atoms with E-state index < -0.39 is 5.25 Å². The van der Waals surface area contributed by atoms with Crippen molar-refractivity contribution in [3.05, 3.63) is 17.0 Å². The second-order valence-electron chi connectivity index (χ2n) is 5.27. The normalized spacial score (nSPS) is 12.1. The molecule has 0 unspecified atom stereocenters. The number of nitrogens with zero attached hydrogens (tertiary/aromatic N) is 5. The third-order valence-electron chi connectivity index (χ3n) is 3.41. The Kier molecular flexibility index (Phi) is 6.06. The minimum Gasteiger partial charge on any atom is -0.477 e. The first-order valence-electron chi connectivity index (χ1n) is 8.11. The lowest BCUT2D eigenvalue weighted by atomic mass is 10.3. The minimum atomic E-state index is -0.436. The van der Waals surface area contributed by atoms with E-state index in [9.17, 15) is 4.79 Å². The molecule has 1 atom stereocenters. The number of rotatable bonds is 7. The number of imidazole rings is 1. The summed E-state index contributed by atoms with van der Waals surface area (Å²) in [6, 6.07) is 0. The van der Waals surface area contributed by atoms with Gasteiger partial charge in [-0.15, -0.1) is 0 Å². The van der Waals surface area contributed by atoms with Crippen LogP contribution in [0.15, 0.2) is 22.0 Å². The molecule has 3 aromatic rings. The molecule has 4 N–H and O–H groups in total. The summed E-state index contributed by atoms with van der Waals surface area (Å²) in [6.07, 6.45) is 3.60. The molecule has 0 saturated heterocycles. The lowest BCUT2D eigenvalue weighted by Crippen LogP contribution is -2.26. The van der Waals surface area contributed by atoms with Gasteiger partial charge in [-0.3, -0.25) is 10.1 Å². The molecule has 10 nitrogen and oxygen atoms in total. The van der Waals surface area contributed by atoms with Crippen molar-refractivity contribution < 1.29 is 9.53 Å². The number of anilines is 2. The van der Waals surface area contributed by atoms with Gasteiger partial charge in [-0.05, 0) is 29.3 Å². The minimum absolute atomic E-state index is 0.102. The molecule has 12 heteroatoms. The largest absolute Gasteiger partial charge is 0.477 e. The summed E-state index contributed by atoms with van der Waals surface area (Å²) in [5.74, 6) is 0.382. The molecule has 0 aliphatic heterocycles. The second-order valence-corrected chi connectivity index (χ2v) is 7.32. The number of aromatic nitrogens is 6. The van der Waals surface area contributed by atoms with Crippen LogP contribution in [0.1, 0.15) is 20.3 Å². The highest BCUT2D eigenvalue weighted by atomic mass is 79.9. The number of nitrogen functional groups attached to an aromatic ring is 1. The maximum atomic E-state index is 12.7. The fourth-order valence-electron chi connectivity index (χ4n) is 2.21. The summed E-state index contributed by atoms with van der Waals surface area (Å²) in [5.41, 5.74) is 6.83. The Labute approximate surface area is 167 Å². The van der Waals surface area contributed by atoms with Gasteiger partial charge >= 0.3 is 0 Å². The molecule has 0 bridgehead atoms. The quantitative estimate of drug-likeness (QED) is 0.363. The second kappa shape index (κ2) is 8.48. The van der Waals surface area contributed by atoms with Crippen molar-refractivity contribution in [2.45, 2.75) is 30.5 Å². The smallest absolute Gasteiger partial charge is 0.240 e. The number of carbonyl (C=O) groups excluding carboxylic acids is 1. The molecule has 3 heterocycles. The number of aromatic amines is 1. The van der Waals surface area contributed by atoms with E-state index in [1.165, 1.54) is 24.3 Å². The molecule has 142 valence electrons. The van der Waals surface area contributed by atoms with Gasteiger partial charge in [0, 0.05) is 0 Å². The van der Waals surface area contributed by atoms with Crippen LogP contribution < -0.4 is 15.8 Å². The number of fused-ring (bicyclic) bond motifs is 1. The van der Waals surface area contributed by atoms with Crippen LogP contribution in [0.2, 0.25) is 0 Å². The highest BCUT2D eigenvalue weighted by molar-refractivity contribution is 9.10. The van der Waals surface area contributed by atoms with Crippen LogP contribution in [-0.4, -0.2) is 47.7 Å². The number of H-pyrrole nitrogens is 1. The molecule has 0 aliphatic rings. The molecular weight excluding hydrogens is 436 g/mol. The predicted octanol–water partition coefficient (Wildman–Crippen LogP) is 2.40. The number of halogens is 1. The molecule has 0 fully saturated rings. The first-order chi connectivity index (χ1) is 13.0. The molecule has 0 radical (unpaired) electrons. The van der Waals surface area contributed by atoms with Gasteiger partial charge in [-0.2, -0.15) is 9.97 Å². The van der Waals surface area contributed by atoms with Crippen molar-refractivity contribution in [2.75, 3.05) is 17.7 Å². The van der Waals surface area contributed by atoms with E-state index in [-0.39, 0.29) is 17.8 Å². The molecule has 1 amide bonds. The number of ether oxygens (including phenoxy) is 1. The molecule has 0 spiro atoms. The van der Waals surface area contributed by atoms with E-state index in [1.807, 2.05) is 13.8 Å². The third kappa shape index (κ3) is 4.45. The summed E-state index contributed by atoms with van der Waals surface area (Å²) >= 11 is 4.58. The highest BCUT2D eigenvalue weighted by Gasteiger charge is 2.22. The molecule has 3 rings (SSSR count). The fraction of sp³-hybridized carbons (Fsp3) is 0.333. The zero-order valence-electron chi connectivity index (χ0n) is 14.6. The van der Waals surface area contributed by atoms with Crippen molar-refractivity contribution >= 4 is 56.7 Å². The zero-order chi connectivity index (χ0) is 19.4. The number of carbonyl (C=O) groups is 1. The van der Waals surface area contributed by atoms with E-state index in [0.29, 0.717) is 39.6 Å². The number of amides is 1.